The first kappa shape index (κ1) is 12.0. The molecule has 1 rings (SSSR count). The Hall–Kier alpha value is -1.09. The summed E-state index contributed by atoms with van der Waals surface area (Å²) in [7, 11) is 0. The predicted molar refractivity (Wildman–Crippen MR) is 59.5 cm³/mol. The molecule has 0 aliphatic rings. The van der Waals surface area contributed by atoms with Crippen molar-refractivity contribution >= 4 is 0 Å². The van der Waals surface area contributed by atoms with Crippen molar-refractivity contribution in [1.29, 1.82) is 0 Å². The van der Waals surface area contributed by atoms with Gasteiger partial charge in [0.05, 0.1) is 0 Å². The predicted octanol–water partition coefficient (Wildman–Crippen LogP) is 2.64. The van der Waals surface area contributed by atoms with E-state index >= 15 is 0 Å². The highest BCUT2D eigenvalue weighted by atomic mass is 19.1. The van der Waals surface area contributed by atoms with E-state index in [1.54, 1.807) is 6.07 Å². The topological polar surface area (TPSA) is 35.2 Å². The van der Waals surface area contributed by atoms with Crippen LogP contribution in [-0.4, -0.2) is 12.1 Å². The maximum absolute atomic E-state index is 12.9. The summed E-state index contributed by atoms with van der Waals surface area (Å²) in [4.78, 5) is 0. The Balaban J connectivity index is 2.89. The molecule has 0 fully saturated rings. The minimum absolute atomic E-state index is 0.245. The van der Waals surface area contributed by atoms with Gasteiger partial charge in [0.25, 0.3) is 0 Å². The normalized spacial score (nSPS) is 14.7. The number of nitrogens with two attached hydrogens (primary N) is 1. The maximum Gasteiger partial charge on any atom is 0.123 e. The molecule has 0 bridgehead atoms. The van der Waals surface area contributed by atoms with E-state index in [1.165, 1.54) is 12.1 Å². The summed E-state index contributed by atoms with van der Waals surface area (Å²) in [6, 6.07) is 4.51. The van der Waals surface area contributed by atoms with E-state index in [-0.39, 0.29) is 11.4 Å². The molecule has 0 heterocycles. The van der Waals surface area contributed by atoms with Gasteiger partial charge >= 0.3 is 0 Å². The lowest BCUT2D eigenvalue weighted by atomic mass is 10.0. The first-order valence-corrected chi connectivity index (χ1v) is 5.16. The van der Waals surface area contributed by atoms with Gasteiger partial charge in [-0.3, -0.25) is 0 Å². The monoisotopic (exact) mass is 211 g/mol. The second-order valence-electron chi connectivity index (χ2n) is 4.02. The van der Waals surface area contributed by atoms with Gasteiger partial charge < -0.3 is 10.5 Å². The molecule has 0 aromatic heterocycles. The number of benzene rings is 1. The third kappa shape index (κ3) is 2.93. The minimum atomic E-state index is -0.372. The van der Waals surface area contributed by atoms with Crippen LogP contribution in [0.4, 0.5) is 4.39 Å². The van der Waals surface area contributed by atoms with Crippen LogP contribution >= 0.6 is 0 Å². The molecule has 15 heavy (non-hydrogen) atoms. The summed E-state index contributed by atoms with van der Waals surface area (Å²) in [6.45, 7) is 6.24. The van der Waals surface area contributed by atoms with Gasteiger partial charge in [0, 0.05) is 6.54 Å². The van der Waals surface area contributed by atoms with Crippen LogP contribution in [0.5, 0.6) is 5.75 Å². The molecule has 0 saturated carbocycles. The van der Waals surface area contributed by atoms with Crippen LogP contribution in [0, 0.1) is 12.7 Å². The second-order valence-corrected chi connectivity index (χ2v) is 4.02. The average molecular weight is 211 g/mol. The summed E-state index contributed by atoms with van der Waals surface area (Å²) in [6.07, 6.45) is 0.820. The zero-order valence-corrected chi connectivity index (χ0v) is 9.51. The summed E-state index contributed by atoms with van der Waals surface area (Å²) in [5.41, 5.74) is 6.07. The van der Waals surface area contributed by atoms with Crippen LogP contribution in [-0.2, 0) is 0 Å². The number of aryl methyl sites for hydroxylation is 1. The Morgan fingerprint density at radius 2 is 2.13 bits per heavy atom. The smallest absolute Gasteiger partial charge is 0.123 e. The largest absolute Gasteiger partial charge is 0.486 e. The molecule has 2 N–H and O–H groups in total. The van der Waals surface area contributed by atoms with Gasteiger partial charge in [0.2, 0.25) is 0 Å². The summed E-state index contributed by atoms with van der Waals surface area (Å²) < 4.78 is 18.7. The van der Waals surface area contributed by atoms with Crippen molar-refractivity contribution in [3.05, 3.63) is 29.6 Å². The summed E-state index contributed by atoms with van der Waals surface area (Å²) >= 11 is 0. The van der Waals surface area contributed by atoms with E-state index in [0.717, 1.165) is 12.0 Å². The molecule has 1 aromatic rings. The van der Waals surface area contributed by atoms with E-state index in [9.17, 15) is 4.39 Å². The lowest BCUT2D eigenvalue weighted by molar-refractivity contribution is 0.0925. The van der Waals surface area contributed by atoms with Crippen LogP contribution in [0.25, 0.3) is 0 Å². The van der Waals surface area contributed by atoms with E-state index in [4.69, 9.17) is 10.5 Å². The molecule has 0 saturated heterocycles. The fraction of sp³-hybridized carbons (Fsp3) is 0.500. The molecule has 1 atom stereocenters. The Kier molecular flexibility index (Phi) is 3.69. The van der Waals surface area contributed by atoms with Crippen LogP contribution in [0.3, 0.4) is 0 Å². The van der Waals surface area contributed by atoms with Gasteiger partial charge in [-0.15, -0.1) is 0 Å². The third-order valence-electron chi connectivity index (χ3n) is 2.67. The highest BCUT2D eigenvalue weighted by molar-refractivity contribution is 5.33. The highest BCUT2D eigenvalue weighted by Crippen LogP contribution is 2.24. The third-order valence-corrected chi connectivity index (χ3v) is 2.67. The van der Waals surface area contributed by atoms with Crippen LogP contribution in [0.15, 0.2) is 18.2 Å². The first-order valence-electron chi connectivity index (χ1n) is 5.16. The first-order chi connectivity index (χ1) is 7.00. The number of halogens is 1. The highest BCUT2D eigenvalue weighted by Gasteiger charge is 2.22. The average Bonchev–Trinajstić information content (AvgIpc) is 2.22. The maximum atomic E-state index is 12.9. The Labute approximate surface area is 90.2 Å². The summed E-state index contributed by atoms with van der Waals surface area (Å²) in [5.74, 6) is 0.456. The van der Waals surface area contributed by atoms with Gasteiger partial charge in [0.1, 0.15) is 17.2 Å². The van der Waals surface area contributed by atoms with Gasteiger partial charge in [-0.05, 0) is 44.0 Å². The Morgan fingerprint density at radius 1 is 1.47 bits per heavy atom. The van der Waals surface area contributed by atoms with Gasteiger partial charge in [-0.1, -0.05) is 6.92 Å². The molecular weight excluding hydrogens is 193 g/mol. The van der Waals surface area contributed by atoms with Crippen LogP contribution in [0.2, 0.25) is 0 Å². The Morgan fingerprint density at radius 3 is 2.60 bits per heavy atom. The van der Waals surface area contributed by atoms with E-state index in [2.05, 4.69) is 0 Å². The van der Waals surface area contributed by atoms with E-state index in [1.807, 2.05) is 20.8 Å². The van der Waals surface area contributed by atoms with Crippen molar-refractivity contribution in [3.8, 4) is 5.75 Å². The molecule has 0 amide bonds. The van der Waals surface area contributed by atoms with E-state index < -0.39 is 0 Å². The molecule has 0 aliphatic heterocycles. The molecule has 0 spiro atoms. The van der Waals surface area contributed by atoms with Crippen molar-refractivity contribution in [1.82, 2.24) is 0 Å². The number of hydrogen-bond acceptors (Lipinski definition) is 2. The minimum Gasteiger partial charge on any atom is -0.486 e. The van der Waals surface area contributed by atoms with Crippen LogP contribution in [0.1, 0.15) is 25.8 Å². The second kappa shape index (κ2) is 4.62. The lowest BCUT2D eigenvalue weighted by Crippen LogP contribution is -2.40. The molecular formula is C12H18FNO. The Bertz CT molecular complexity index is 334. The molecule has 0 radical (unpaired) electrons. The molecule has 1 aromatic carbocycles. The molecule has 3 heteroatoms. The number of rotatable bonds is 4. The van der Waals surface area contributed by atoms with Crippen LogP contribution < -0.4 is 10.5 Å². The quantitative estimate of drug-likeness (QED) is 0.831. The molecule has 0 aliphatic carbocycles. The molecule has 84 valence electrons. The fourth-order valence-corrected chi connectivity index (χ4v) is 1.25. The molecule has 1 unspecified atom stereocenters. The zero-order valence-electron chi connectivity index (χ0n) is 9.51. The lowest BCUT2D eigenvalue weighted by Gasteiger charge is -2.28. The summed E-state index contributed by atoms with van der Waals surface area (Å²) in [5, 5.41) is 0. The molecule has 2 nitrogen and oxygen atoms in total. The zero-order chi connectivity index (χ0) is 11.5. The van der Waals surface area contributed by atoms with Crippen molar-refractivity contribution in [2.75, 3.05) is 6.54 Å². The van der Waals surface area contributed by atoms with Crippen molar-refractivity contribution in [2.24, 2.45) is 5.73 Å². The van der Waals surface area contributed by atoms with Gasteiger partial charge in [-0.25, -0.2) is 4.39 Å². The van der Waals surface area contributed by atoms with Crippen molar-refractivity contribution in [2.45, 2.75) is 32.8 Å². The SMILES string of the molecule is CCC(C)(CN)Oc1ccc(F)cc1C. The van der Waals surface area contributed by atoms with Crippen molar-refractivity contribution in [3.63, 3.8) is 0 Å². The van der Waals surface area contributed by atoms with E-state index in [0.29, 0.717) is 12.3 Å². The standard InChI is InChI=1S/C12H18FNO/c1-4-12(3,8-14)15-11-6-5-10(13)7-9(11)2/h5-7H,4,8,14H2,1-3H3. The van der Waals surface area contributed by atoms with Crippen molar-refractivity contribution < 1.29 is 9.13 Å². The fourth-order valence-electron chi connectivity index (χ4n) is 1.25. The van der Waals surface area contributed by atoms with Gasteiger partial charge in [0.15, 0.2) is 0 Å². The number of ether oxygens (including phenoxy) is 1. The number of hydrogen-bond donors (Lipinski definition) is 1. The van der Waals surface area contributed by atoms with Gasteiger partial charge in [-0.2, -0.15) is 0 Å².